The van der Waals surface area contributed by atoms with Crippen LogP contribution in [-0.4, -0.2) is 68.2 Å². The van der Waals surface area contributed by atoms with Gasteiger partial charge in [0.15, 0.2) is 0 Å². The van der Waals surface area contributed by atoms with Crippen molar-refractivity contribution < 1.29 is 19.4 Å². The SMILES string of the molecule is Cc1cc(C(N)=O)ccc1-c1cc(O)cc(CN2CCOCC2C(=O)N[C@@H](C)c2ccc(-c3nn[nH]n3)cc2)c1. The van der Waals surface area contributed by atoms with E-state index in [1.165, 1.54) is 0 Å². The molecule has 206 valence electrons. The van der Waals surface area contributed by atoms with Crippen LogP contribution in [0.15, 0.2) is 60.7 Å². The summed E-state index contributed by atoms with van der Waals surface area (Å²) in [5, 5.41) is 27.6. The fraction of sp³-hybridized carbons (Fsp3) is 0.276. The lowest BCUT2D eigenvalue weighted by Crippen LogP contribution is -2.53. The maximum atomic E-state index is 13.4. The largest absolute Gasteiger partial charge is 0.508 e. The van der Waals surface area contributed by atoms with Crippen LogP contribution in [0.3, 0.4) is 0 Å². The van der Waals surface area contributed by atoms with E-state index in [0.29, 0.717) is 31.1 Å². The first kappa shape index (κ1) is 27.0. The third kappa shape index (κ3) is 6.00. The van der Waals surface area contributed by atoms with Crippen LogP contribution in [0.25, 0.3) is 22.5 Å². The molecule has 0 radical (unpaired) electrons. The summed E-state index contributed by atoms with van der Waals surface area (Å²) in [5.74, 6) is 0.00924. The average Bonchev–Trinajstić information content (AvgIpc) is 3.48. The number of phenols is 1. The van der Waals surface area contributed by atoms with Gasteiger partial charge in [-0.15, -0.1) is 10.2 Å². The first-order chi connectivity index (χ1) is 19.3. The number of ether oxygens (including phenoxy) is 1. The topological polar surface area (TPSA) is 159 Å². The van der Waals surface area contributed by atoms with Gasteiger partial charge < -0.3 is 20.9 Å². The molecule has 2 heterocycles. The molecule has 0 spiro atoms. The van der Waals surface area contributed by atoms with Gasteiger partial charge >= 0.3 is 0 Å². The Balaban J connectivity index is 1.29. The molecular weight excluding hydrogens is 510 g/mol. The fourth-order valence-electron chi connectivity index (χ4n) is 4.96. The highest BCUT2D eigenvalue weighted by molar-refractivity contribution is 5.93. The zero-order valence-electron chi connectivity index (χ0n) is 22.3. The molecule has 2 atom stereocenters. The van der Waals surface area contributed by atoms with E-state index in [9.17, 15) is 14.7 Å². The number of tetrazole rings is 1. The zero-order valence-corrected chi connectivity index (χ0v) is 22.3. The third-order valence-electron chi connectivity index (χ3n) is 7.10. The molecule has 1 aromatic heterocycles. The molecule has 11 heteroatoms. The van der Waals surface area contributed by atoms with Gasteiger partial charge in [0.2, 0.25) is 17.6 Å². The first-order valence-electron chi connectivity index (χ1n) is 13.0. The number of aromatic amines is 1. The van der Waals surface area contributed by atoms with Crippen molar-refractivity contribution in [2.75, 3.05) is 19.8 Å². The molecule has 40 heavy (non-hydrogen) atoms. The summed E-state index contributed by atoms with van der Waals surface area (Å²) in [4.78, 5) is 27.0. The molecule has 11 nitrogen and oxygen atoms in total. The summed E-state index contributed by atoms with van der Waals surface area (Å²) in [7, 11) is 0. The number of benzene rings is 3. The van der Waals surface area contributed by atoms with E-state index in [-0.39, 0.29) is 24.3 Å². The number of rotatable bonds is 8. The number of aromatic hydroxyl groups is 1. The van der Waals surface area contributed by atoms with Gasteiger partial charge in [-0.1, -0.05) is 30.3 Å². The summed E-state index contributed by atoms with van der Waals surface area (Å²) in [6.45, 7) is 5.64. The highest BCUT2D eigenvalue weighted by Crippen LogP contribution is 2.30. The monoisotopic (exact) mass is 541 g/mol. The lowest BCUT2D eigenvalue weighted by atomic mass is 9.96. The number of nitrogens with zero attached hydrogens (tertiary/aromatic N) is 4. The second-order valence-electron chi connectivity index (χ2n) is 9.93. The van der Waals surface area contributed by atoms with Crippen LogP contribution in [0.2, 0.25) is 0 Å². The Morgan fingerprint density at radius 2 is 1.95 bits per heavy atom. The predicted molar refractivity (Wildman–Crippen MR) is 148 cm³/mol. The molecular formula is C29H31N7O4. The summed E-state index contributed by atoms with van der Waals surface area (Å²) in [6.07, 6.45) is 0. The van der Waals surface area contributed by atoms with Crippen molar-refractivity contribution in [2.24, 2.45) is 5.73 Å². The van der Waals surface area contributed by atoms with E-state index in [1.54, 1.807) is 24.3 Å². The van der Waals surface area contributed by atoms with Gasteiger partial charge in [-0.2, -0.15) is 5.21 Å². The minimum Gasteiger partial charge on any atom is -0.508 e. The number of carbonyl (C=O) groups excluding carboxylic acids is 2. The van der Waals surface area contributed by atoms with Crippen molar-refractivity contribution >= 4 is 11.8 Å². The van der Waals surface area contributed by atoms with E-state index in [1.807, 2.05) is 50.2 Å². The summed E-state index contributed by atoms with van der Waals surface area (Å²) in [5.41, 5.74) is 11.0. The number of carbonyl (C=O) groups is 2. The van der Waals surface area contributed by atoms with Crippen molar-refractivity contribution in [1.29, 1.82) is 0 Å². The molecule has 5 N–H and O–H groups in total. The highest BCUT2D eigenvalue weighted by atomic mass is 16.5. The number of nitrogens with two attached hydrogens (primary N) is 1. The molecule has 0 saturated carbocycles. The van der Waals surface area contributed by atoms with Crippen molar-refractivity contribution in [3.05, 3.63) is 82.9 Å². The number of amides is 2. The smallest absolute Gasteiger partial charge is 0.248 e. The minimum atomic E-state index is -0.489. The van der Waals surface area contributed by atoms with Crippen molar-refractivity contribution in [2.45, 2.75) is 32.5 Å². The third-order valence-corrected chi connectivity index (χ3v) is 7.10. The molecule has 1 aliphatic heterocycles. The van der Waals surface area contributed by atoms with Gasteiger partial charge in [0.1, 0.15) is 11.8 Å². The summed E-state index contributed by atoms with van der Waals surface area (Å²) >= 11 is 0. The van der Waals surface area contributed by atoms with Gasteiger partial charge in [-0.25, -0.2) is 0 Å². The lowest BCUT2D eigenvalue weighted by Gasteiger charge is -2.35. The normalized spacial score (nSPS) is 16.4. The van der Waals surface area contributed by atoms with Gasteiger partial charge in [0.05, 0.1) is 19.3 Å². The van der Waals surface area contributed by atoms with E-state index in [0.717, 1.165) is 33.4 Å². The highest BCUT2D eigenvalue weighted by Gasteiger charge is 2.30. The maximum absolute atomic E-state index is 13.4. The Labute approximate surface area is 231 Å². The number of hydrogen-bond acceptors (Lipinski definition) is 8. The number of hydrogen-bond donors (Lipinski definition) is 4. The van der Waals surface area contributed by atoms with Crippen LogP contribution in [-0.2, 0) is 16.1 Å². The molecule has 5 rings (SSSR count). The molecule has 1 fully saturated rings. The zero-order chi connectivity index (χ0) is 28.2. The fourth-order valence-corrected chi connectivity index (χ4v) is 4.96. The predicted octanol–water partition coefficient (Wildman–Crippen LogP) is 2.72. The minimum absolute atomic E-state index is 0.123. The molecule has 1 aliphatic rings. The van der Waals surface area contributed by atoms with Gasteiger partial charge in [-0.3, -0.25) is 14.5 Å². The van der Waals surface area contributed by atoms with E-state index in [4.69, 9.17) is 10.5 Å². The second kappa shape index (κ2) is 11.6. The Kier molecular flexibility index (Phi) is 7.85. The molecule has 1 saturated heterocycles. The Morgan fingerprint density at radius 1 is 1.15 bits per heavy atom. The number of aromatic nitrogens is 4. The van der Waals surface area contributed by atoms with Crippen LogP contribution >= 0.6 is 0 Å². The Bertz CT molecular complexity index is 1510. The van der Waals surface area contributed by atoms with Crippen molar-refractivity contribution in [3.63, 3.8) is 0 Å². The standard InChI is InChI=1S/C29H31N7O4/c1-17-11-22(27(30)38)7-8-25(17)23-12-19(13-24(37)14-23)15-36-9-10-40-16-26(36)29(39)31-18(2)20-3-5-21(6-4-20)28-32-34-35-33-28/h3-8,11-14,18,26,37H,9-10,15-16H2,1-2H3,(H2,30,38)(H,31,39)(H,32,33,34,35)/t18-,26?/m0/s1. The lowest BCUT2D eigenvalue weighted by molar-refractivity contribution is -0.133. The van der Waals surface area contributed by atoms with Crippen molar-refractivity contribution in [1.82, 2.24) is 30.8 Å². The molecule has 4 aromatic rings. The molecule has 3 aromatic carbocycles. The number of primary amides is 1. The average molecular weight is 542 g/mol. The molecule has 1 unspecified atom stereocenters. The van der Waals surface area contributed by atoms with E-state index < -0.39 is 11.9 Å². The summed E-state index contributed by atoms with van der Waals surface area (Å²) < 4.78 is 5.67. The van der Waals surface area contributed by atoms with E-state index in [2.05, 4.69) is 30.8 Å². The number of nitrogens with one attached hydrogen (secondary N) is 2. The van der Waals surface area contributed by atoms with Gasteiger partial charge in [0, 0.05) is 24.2 Å². The Morgan fingerprint density at radius 3 is 2.65 bits per heavy atom. The quantitative estimate of drug-likeness (QED) is 0.265. The van der Waals surface area contributed by atoms with Gasteiger partial charge in [-0.05, 0) is 77.2 Å². The number of aryl methyl sites for hydroxylation is 1. The van der Waals surface area contributed by atoms with Crippen LogP contribution in [0.4, 0.5) is 0 Å². The molecule has 0 aliphatic carbocycles. The second-order valence-corrected chi connectivity index (χ2v) is 9.93. The first-order valence-corrected chi connectivity index (χ1v) is 13.0. The molecule has 2 amide bonds. The van der Waals surface area contributed by atoms with Crippen LogP contribution in [0.1, 0.15) is 40.0 Å². The summed E-state index contributed by atoms with van der Waals surface area (Å²) in [6, 6.07) is 17.5. The van der Waals surface area contributed by atoms with E-state index >= 15 is 0 Å². The maximum Gasteiger partial charge on any atom is 0.248 e. The Hall–Kier alpha value is -4.61. The van der Waals surface area contributed by atoms with Gasteiger partial charge in [0.25, 0.3) is 0 Å². The van der Waals surface area contributed by atoms with Crippen LogP contribution in [0, 0.1) is 6.92 Å². The number of phenolic OH excluding ortho intramolecular Hbond substituents is 1. The van der Waals surface area contributed by atoms with Crippen LogP contribution < -0.4 is 11.1 Å². The molecule has 0 bridgehead atoms. The number of H-pyrrole nitrogens is 1. The van der Waals surface area contributed by atoms with Crippen molar-refractivity contribution in [3.8, 4) is 28.3 Å². The van der Waals surface area contributed by atoms with Crippen LogP contribution in [0.5, 0.6) is 5.75 Å². The number of morpholine rings is 1.